The van der Waals surface area contributed by atoms with Crippen molar-refractivity contribution in [1.82, 2.24) is 15.0 Å². The molecule has 0 saturated carbocycles. The van der Waals surface area contributed by atoms with Crippen LogP contribution in [-0.2, 0) is 6.54 Å². The molecule has 0 fully saturated rings. The van der Waals surface area contributed by atoms with Crippen molar-refractivity contribution in [2.24, 2.45) is 0 Å². The quantitative estimate of drug-likeness (QED) is 0.736. The molecule has 21 heavy (non-hydrogen) atoms. The smallest absolute Gasteiger partial charge is 0.277 e. The van der Waals surface area contributed by atoms with Crippen LogP contribution in [0.3, 0.4) is 0 Å². The van der Waals surface area contributed by atoms with Gasteiger partial charge in [-0.2, -0.15) is 0 Å². The summed E-state index contributed by atoms with van der Waals surface area (Å²) >= 11 is 0. The molecule has 1 heterocycles. The van der Waals surface area contributed by atoms with Crippen LogP contribution in [0.4, 0.5) is 4.39 Å². The number of benzene rings is 2. The number of hydrogen-bond acceptors (Lipinski definition) is 4. The van der Waals surface area contributed by atoms with Crippen molar-refractivity contribution in [3.63, 3.8) is 0 Å². The van der Waals surface area contributed by atoms with Crippen molar-refractivity contribution in [2.75, 3.05) is 6.61 Å². The molecule has 0 amide bonds. The van der Waals surface area contributed by atoms with Crippen LogP contribution < -0.4 is 10.3 Å². The summed E-state index contributed by atoms with van der Waals surface area (Å²) < 4.78 is 19.9. The highest BCUT2D eigenvalue weighted by Crippen LogP contribution is 2.15. The van der Waals surface area contributed by atoms with Crippen LogP contribution in [0, 0.1) is 5.82 Å². The van der Waals surface area contributed by atoms with Crippen molar-refractivity contribution >= 4 is 10.9 Å². The van der Waals surface area contributed by atoms with Gasteiger partial charge in [-0.25, -0.2) is 9.07 Å². The molecular weight excluding hydrogens is 273 g/mol. The maximum atomic E-state index is 13.4. The Balaban J connectivity index is 1.76. The van der Waals surface area contributed by atoms with E-state index in [1.54, 1.807) is 36.4 Å². The summed E-state index contributed by atoms with van der Waals surface area (Å²) in [6.45, 7) is 0.332. The minimum absolute atomic E-state index is 0.133. The minimum Gasteiger partial charge on any atom is -0.489 e. The molecule has 0 unspecified atom stereocenters. The maximum absolute atomic E-state index is 13.4. The zero-order chi connectivity index (χ0) is 14.7. The first-order chi connectivity index (χ1) is 10.3. The Morgan fingerprint density at radius 1 is 1.10 bits per heavy atom. The van der Waals surface area contributed by atoms with Crippen molar-refractivity contribution in [3.8, 4) is 5.75 Å². The van der Waals surface area contributed by atoms with Gasteiger partial charge in [-0.1, -0.05) is 29.5 Å². The largest absolute Gasteiger partial charge is 0.489 e. The topological polar surface area (TPSA) is 57.0 Å². The van der Waals surface area contributed by atoms with Crippen molar-refractivity contribution in [3.05, 3.63) is 64.7 Å². The lowest BCUT2D eigenvalue weighted by molar-refractivity contribution is 0.273. The third kappa shape index (κ3) is 2.74. The van der Waals surface area contributed by atoms with Crippen LogP contribution in [0.2, 0.25) is 0 Å². The molecule has 0 spiro atoms. The molecule has 0 aliphatic carbocycles. The van der Waals surface area contributed by atoms with E-state index in [0.29, 0.717) is 10.9 Å². The Morgan fingerprint density at radius 3 is 2.71 bits per heavy atom. The number of para-hydroxylation sites is 1. The first-order valence-corrected chi connectivity index (χ1v) is 6.45. The van der Waals surface area contributed by atoms with E-state index in [9.17, 15) is 9.18 Å². The van der Waals surface area contributed by atoms with Gasteiger partial charge in [-0.15, -0.1) is 5.10 Å². The number of fused-ring (bicyclic) bond motifs is 1. The van der Waals surface area contributed by atoms with Crippen molar-refractivity contribution < 1.29 is 9.13 Å². The van der Waals surface area contributed by atoms with E-state index in [-0.39, 0.29) is 24.5 Å². The summed E-state index contributed by atoms with van der Waals surface area (Å²) in [7, 11) is 0. The van der Waals surface area contributed by atoms with Crippen LogP contribution in [-0.4, -0.2) is 21.6 Å². The van der Waals surface area contributed by atoms with E-state index in [2.05, 4.69) is 10.3 Å². The number of halogens is 1. The van der Waals surface area contributed by atoms with E-state index in [4.69, 9.17) is 4.74 Å². The molecule has 6 heteroatoms. The van der Waals surface area contributed by atoms with Gasteiger partial charge in [0, 0.05) is 0 Å². The fourth-order valence-electron chi connectivity index (χ4n) is 1.97. The summed E-state index contributed by atoms with van der Waals surface area (Å²) in [5, 5.41) is 8.31. The van der Waals surface area contributed by atoms with Crippen molar-refractivity contribution in [2.45, 2.75) is 6.54 Å². The molecule has 0 saturated heterocycles. The van der Waals surface area contributed by atoms with Gasteiger partial charge < -0.3 is 4.74 Å². The van der Waals surface area contributed by atoms with Crippen LogP contribution in [0.15, 0.2) is 53.3 Å². The van der Waals surface area contributed by atoms with Gasteiger partial charge in [-0.3, -0.25) is 4.79 Å². The number of ether oxygens (including phenoxy) is 1. The average Bonchev–Trinajstić information content (AvgIpc) is 2.52. The lowest BCUT2D eigenvalue weighted by Crippen LogP contribution is -2.26. The monoisotopic (exact) mass is 285 g/mol. The Hall–Kier alpha value is -2.76. The first-order valence-electron chi connectivity index (χ1n) is 6.45. The zero-order valence-electron chi connectivity index (χ0n) is 11.1. The summed E-state index contributed by atoms with van der Waals surface area (Å²) in [4.78, 5) is 12.2. The fraction of sp³-hybridized carbons (Fsp3) is 0.133. The lowest BCUT2D eigenvalue weighted by Gasteiger charge is -2.08. The van der Waals surface area contributed by atoms with E-state index in [0.717, 1.165) is 0 Å². The summed E-state index contributed by atoms with van der Waals surface area (Å²) in [5.74, 6) is -0.284. The van der Waals surface area contributed by atoms with Gasteiger partial charge in [-0.05, 0) is 24.3 Å². The van der Waals surface area contributed by atoms with Gasteiger partial charge in [0.05, 0.1) is 11.9 Å². The molecule has 2 aromatic carbocycles. The standard InChI is InChI=1S/C15H12FN3O2/c16-12-6-2-4-8-14(12)21-10-9-19-15(20)11-5-1-3-7-13(11)17-18-19/h1-8H,9-10H2. The molecule has 0 aliphatic heterocycles. The molecule has 0 bridgehead atoms. The molecule has 0 radical (unpaired) electrons. The molecular formula is C15H12FN3O2. The Morgan fingerprint density at radius 2 is 1.86 bits per heavy atom. The maximum Gasteiger partial charge on any atom is 0.277 e. The number of rotatable bonds is 4. The SMILES string of the molecule is O=c1c2ccccc2nnn1CCOc1ccccc1F. The molecule has 3 rings (SSSR count). The van der Waals surface area contributed by atoms with Gasteiger partial charge in [0.25, 0.3) is 5.56 Å². The summed E-state index contributed by atoms with van der Waals surface area (Å²) in [6.07, 6.45) is 0. The lowest BCUT2D eigenvalue weighted by atomic mass is 10.2. The average molecular weight is 285 g/mol. The zero-order valence-corrected chi connectivity index (χ0v) is 11.1. The minimum atomic E-state index is -0.436. The second-order valence-corrected chi connectivity index (χ2v) is 4.41. The number of hydrogen-bond donors (Lipinski definition) is 0. The van der Waals surface area contributed by atoms with Crippen LogP contribution in [0.5, 0.6) is 5.75 Å². The molecule has 5 nitrogen and oxygen atoms in total. The molecule has 106 valence electrons. The second-order valence-electron chi connectivity index (χ2n) is 4.41. The first kappa shape index (κ1) is 13.2. The summed E-state index contributed by atoms with van der Waals surface area (Å²) in [6, 6.07) is 13.1. The second kappa shape index (κ2) is 5.70. The fourth-order valence-corrected chi connectivity index (χ4v) is 1.97. The van der Waals surface area contributed by atoms with Crippen LogP contribution >= 0.6 is 0 Å². The molecule has 0 aliphatic rings. The molecule has 3 aromatic rings. The Kier molecular flexibility index (Phi) is 3.59. The highest BCUT2D eigenvalue weighted by Gasteiger charge is 2.06. The number of nitrogens with zero attached hydrogens (tertiary/aromatic N) is 3. The summed E-state index contributed by atoms with van der Waals surface area (Å²) in [5.41, 5.74) is 0.312. The molecule has 1 aromatic heterocycles. The van der Waals surface area contributed by atoms with E-state index >= 15 is 0 Å². The molecule has 0 N–H and O–H groups in total. The van der Waals surface area contributed by atoms with Crippen LogP contribution in [0.1, 0.15) is 0 Å². The highest BCUT2D eigenvalue weighted by atomic mass is 19.1. The van der Waals surface area contributed by atoms with E-state index in [1.807, 2.05) is 0 Å². The van der Waals surface area contributed by atoms with Gasteiger partial charge in [0.1, 0.15) is 12.1 Å². The number of aromatic nitrogens is 3. The third-order valence-electron chi connectivity index (χ3n) is 3.03. The molecule has 0 atom stereocenters. The Bertz CT molecular complexity index is 832. The Labute approximate surface area is 119 Å². The van der Waals surface area contributed by atoms with Gasteiger partial charge in [0.2, 0.25) is 0 Å². The van der Waals surface area contributed by atoms with Crippen LogP contribution in [0.25, 0.3) is 10.9 Å². The van der Waals surface area contributed by atoms with E-state index in [1.165, 1.54) is 16.8 Å². The predicted octanol–water partition coefficient (Wildman–Crippen LogP) is 2.01. The van der Waals surface area contributed by atoms with Gasteiger partial charge in [0.15, 0.2) is 11.6 Å². The normalized spacial score (nSPS) is 10.7. The predicted molar refractivity (Wildman–Crippen MR) is 75.7 cm³/mol. The third-order valence-corrected chi connectivity index (χ3v) is 3.03. The van der Waals surface area contributed by atoms with Gasteiger partial charge >= 0.3 is 0 Å². The van der Waals surface area contributed by atoms with E-state index < -0.39 is 5.82 Å². The van der Waals surface area contributed by atoms with Crippen molar-refractivity contribution in [1.29, 1.82) is 0 Å². The highest BCUT2D eigenvalue weighted by molar-refractivity contribution is 5.76.